The normalized spacial score (nSPS) is 14.4. The van der Waals surface area contributed by atoms with Gasteiger partial charge in [0.05, 0.1) is 16.2 Å². The van der Waals surface area contributed by atoms with Crippen LogP contribution in [0, 0.1) is 0 Å². The van der Waals surface area contributed by atoms with E-state index in [4.69, 9.17) is 5.11 Å². The van der Waals surface area contributed by atoms with Crippen molar-refractivity contribution in [3.63, 3.8) is 0 Å². The molecule has 0 heterocycles. The molecule has 0 rings (SSSR count). The van der Waals surface area contributed by atoms with Crippen molar-refractivity contribution in [3.05, 3.63) is 0 Å². The van der Waals surface area contributed by atoms with Crippen LogP contribution < -0.4 is 29.6 Å². The fraction of sp³-hybridized carbons (Fsp3) is 1.00. The average Bonchev–Trinajstić information content (AvgIpc) is 2.38. The van der Waals surface area contributed by atoms with Gasteiger partial charge < -0.3 is 9.66 Å². The van der Waals surface area contributed by atoms with Crippen molar-refractivity contribution in [2.45, 2.75) is 102 Å². The van der Waals surface area contributed by atoms with E-state index in [0.29, 0.717) is 12.8 Å². The van der Waals surface area contributed by atoms with Gasteiger partial charge in [-0.2, -0.15) is 0 Å². The molecule has 4 nitrogen and oxygen atoms in total. The molecule has 0 aromatic carbocycles. The Morgan fingerprint density at radius 1 is 0.864 bits per heavy atom. The summed E-state index contributed by atoms with van der Waals surface area (Å²) in [6.07, 6.45) is 11.9. The summed E-state index contributed by atoms with van der Waals surface area (Å²) in [4.78, 5) is 0. The van der Waals surface area contributed by atoms with Crippen molar-refractivity contribution in [2.24, 2.45) is 0 Å². The SMILES string of the molecule is CCC(CCCCCCCCCCCC(C)O)S(=O)(=O)[O-].[Na+]. The third-order valence-electron chi connectivity index (χ3n) is 4.01. The van der Waals surface area contributed by atoms with Gasteiger partial charge in [0, 0.05) is 5.25 Å². The maximum atomic E-state index is 10.9. The van der Waals surface area contributed by atoms with Crippen molar-refractivity contribution >= 4 is 10.1 Å². The van der Waals surface area contributed by atoms with E-state index in [0.717, 1.165) is 32.1 Å². The van der Waals surface area contributed by atoms with Crippen LogP contribution in [0.4, 0.5) is 0 Å². The monoisotopic (exact) mass is 344 g/mol. The van der Waals surface area contributed by atoms with Gasteiger partial charge in [-0.1, -0.05) is 64.7 Å². The molecule has 0 bridgehead atoms. The average molecular weight is 344 g/mol. The molecule has 1 N–H and O–H groups in total. The summed E-state index contributed by atoms with van der Waals surface area (Å²) in [5, 5.41) is 8.44. The van der Waals surface area contributed by atoms with Crippen LogP contribution in [0.1, 0.15) is 90.9 Å². The molecule has 0 amide bonds. The molecule has 0 aliphatic rings. The number of unbranched alkanes of at least 4 members (excludes halogenated alkanes) is 8. The van der Waals surface area contributed by atoms with Crippen molar-refractivity contribution in [1.82, 2.24) is 0 Å². The van der Waals surface area contributed by atoms with Gasteiger partial charge in [-0.15, -0.1) is 0 Å². The van der Waals surface area contributed by atoms with E-state index in [1.165, 1.54) is 32.1 Å². The minimum atomic E-state index is -4.10. The Kier molecular flexibility index (Phi) is 17.6. The number of hydrogen-bond acceptors (Lipinski definition) is 4. The predicted molar refractivity (Wildman–Crippen MR) is 86.2 cm³/mol. The zero-order valence-electron chi connectivity index (χ0n) is 14.7. The predicted octanol–water partition coefficient (Wildman–Crippen LogP) is 0.986. The van der Waals surface area contributed by atoms with Gasteiger partial charge in [0.2, 0.25) is 0 Å². The molecular formula is C16H33NaO4S. The van der Waals surface area contributed by atoms with Gasteiger partial charge in [0.1, 0.15) is 0 Å². The fourth-order valence-corrected chi connectivity index (χ4v) is 3.47. The van der Waals surface area contributed by atoms with Crippen LogP contribution in [-0.4, -0.2) is 29.4 Å². The van der Waals surface area contributed by atoms with Crippen LogP contribution >= 0.6 is 0 Å². The van der Waals surface area contributed by atoms with Gasteiger partial charge in [0.25, 0.3) is 0 Å². The largest absolute Gasteiger partial charge is 1.00 e. The smallest absolute Gasteiger partial charge is 0.748 e. The topological polar surface area (TPSA) is 77.4 Å². The molecular weight excluding hydrogens is 311 g/mol. The molecule has 128 valence electrons. The fourth-order valence-electron chi connectivity index (χ4n) is 2.60. The molecule has 22 heavy (non-hydrogen) atoms. The first-order valence-electron chi connectivity index (χ1n) is 8.50. The van der Waals surface area contributed by atoms with E-state index >= 15 is 0 Å². The summed E-state index contributed by atoms with van der Waals surface area (Å²) in [7, 11) is -4.10. The first-order chi connectivity index (χ1) is 9.88. The molecule has 2 atom stereocenters. The van der Waals surface area contributed by atoms with Crippen LogP contribution in [0.25, 0.3) is 0 Å². The summed E-state index contributed by atoms with van der Waals surface area (Å²) in [6, 6.07) is 0. The standard InChI is InChI=1S/C16H34O4S.Na/c1-3-16(21(18,19)20)14-12-10-8-6-4-5-7-9-11-13-15(2)17;/h15-17H,3-14H2,1-2H3,(H,18,19,20);/q;+1/p-1. The Balaban J connectivity index is 0. The third-order valence-corrected chi connectivity index (χ3v) is 5.40. The molecule has 0 aliphatic heterocycles. The molecule has 0 aromatic heterocycles. The summed E-state index contributed by atoms with van der Waals surface area (Å²) < 4.78 is 32.8. The van der Waals surface area contributed by atoms with Gasteiger partial charge in [-0.25, -0.2) is 8.42 Å². The molecule has 6 heteroatoms. The molecule has 0 saturated carbocycles. The van der Waals surface area contributed by atoms with Crippen LogP contribution in [0.3, 0.4) is 0 Å². The molecule has 0 fully saturated rings. The Bertz CT molecular complexity index is 331. The number of hydrogen-bond donors (Lipinski definition) is 1. The molecule has 0 saturated heterocycles. The zero-order valence-corrected chi connectivity index (χ0v) is 17.5. The first kappa shape index (κ1) is 25.1. The molecule has 2 unspecified atom stereocenters. The quantitative estimate of drug-likeness (QED) is 0.290. The Morgan fingerprint density at radius 3 is 1.55 bits per heavy atom. The second-order valence-electron chi connectivity index (χ2n) is 6.13. The Hall–Kier alpha value is 0.870. The first-order valence-corrected chi connectivity index (χ1v) is 9.97. The van der Waals surface area contributed by atoms with Crippen molar-refractivity contribution in [1.29, 1.82) is 0 Å². The number of rotatable bonds is 14. The van der Waals surface area contributed by atoms with Crippen LogP contribution in [0.15, 0.2) is 0 Å². The van der Waals surface area contributed by atoms with Gasteiger partial charge in [0.15, 0.2) is 0 Å². The Labute approximate surface area is 159 Å². The third kappa shape index (κ3) is 15.8. The summed E-state index contributed by atoms with van der Waals surface area (Å²) in [5.74, 6) is 0. The van der Waals surface area contributed by atoms with Crippen molar-refractivity contribution in [2.75, 3.05) is 0 Å². The second kappa shape index (κ2) is 15.4. The van der Waals surface area contributed by atoms with Gasteiger partial charge in [-0.3, -0.25) is 0 Å². The van der Waals surface area contributed by atoms with E-state index in [1.807, 2.05) is 6.92 Å². The number of aliphatic hydroxyl groups is 1. The zero-order chi connectivity index (χ0) is 16.1. The van der Waals surface area contributed by atoms with E-state index in [9.17, 15) is 13.0 Å². The van der Waals surface area contributed by atoms with E-state index in [1.54, 1.807) is 6.92 Å². The molecule has 0 radical (unpaired) electrons. The minimum Gasteiger partial charge on any atom is -0.748 e. The molecule has 0 aromatic rings. The summed E-state index contributed by atoms with van der Waals surface area (Å²) >= 11 is 0. The summed E-state index contributed by atoms with van der Waals surface area (Å²) in [6.45, 7) is 3.60. The van der Waals surface area contributed by atoms with Crippen LogP contribution in [0.5, 0.6) is 0 Å². The van der Waals surface area contributed by atoms with Crippen molar-refractivity contribution < 1.29 is 47.6 Å². The van der Waals surface area contributed by atoms with Crippen molar-refractivity contribution in [3.8, 4) is 0 Å². The van der Waals surface area contributed by atoms with E-state index < -0.39 is 15.4 Å². The van der Waals surface area contributed by atoms with Gasteiger partial charge in [-0.05, 0) is 26.2 Å². The minimum absolute atomic E-state index is 0. The Morgan fingerprint density at radius 2 is 1.23 bits per heavy atom. The van der Waals surface area contributed by atoms with Gasteiger partial charge >= 0.3 is 29.6 Å². The summed E-state index contributed by atoms with van der Waals surface area (Å²) in [5.41, 5.74) is 0. The maximum Gasteiger partial charge on any atom is 1.00 e. The molecule has 0 spiro atoms. The van der Waals surface area contributed by atoms with Crippen LogP contribution in [0.2, 0.25) is 0 Å². The van der Waals surface area contributed by atoms with E-state index in [2.05, 4.69) is 0 Å². The second-order valence-corrected chi connectivity index (χ2v) is 7.78. The number of aliphatic hydroxyl groups excluding tert-OH is 1. The maximum absolute atomic E-state index is 10.9. The van der Waals surface area contributed by atoms with Crippen LogP contribution in [-0.2, 0) is 10.1 Å². The molecule has 0 aliphatic carbocycles. The van der Waals surface area contributed by atoms with E-state index in [-0.39, 0.29) is 35.7 Å².